The van der Waals surface area contributed by atoms with E-state index in [1.54, 1.807) is 0 Å². The molecule has 35 heavy (non-hydrogen) atoms. The molecule has 0 saturated heterocycles. The van der Waals surface area contributed by atoms with Gasteiger partial charge in [-0.3, -0.25) is 0 Å². The van der Waals surface area contributed by atoms with Crippen molar-refractivity contribution in [3.63, 3.8) is 0 Å². The molecule has 0 aliphatic rings. The molecular formula is C28H52Br2O5. The number of ether oxygens (including phenoxy) is 3. The second kappa shape index (κ2) is 22.2. The molecule has 208 valence electrons. The zero-order chi connectivity index (χ0) is 26.6. The van der Waals surface area contributed by atoms with Gasteiger partial charge in [-0.05, 0) is 65.2 Å². The summed E-state index contributed by atoms with van der Waals surface area (Å²) in [5.74, 6) is 0. The highest BCUT2D eigenvalue weighted by Crippen LogP contribution is 2.25. The van der Waals surface area contributed by atoms with E-state index in [0.29, 0.717) is 26.1 Å². The minimum Gasteiger partial charge on any atom is -0.389 e. The standard InChI is InChI=1S/C28H52Br2O5/c1-7-9-17-33-27(19-23(29)13-11-15-25(31)21(3)4)35-28(34-18-10-8-2)20-24(30)14-12-16-26(32)22(5)6/h23-28,31-32H,3,5,7-20H2,1-2,4,6H3. The fourth-order valence-electron chi connectivity index (χ4n) is 3.42. The lowest BCUT2D eigenvalue weighted by molar-refractivity contribution is -0.249. The lowest BCUT2D eigenvalue weighted by Gasteiger charge is -2.28. The van der Waals surface area contributed by atoms with Crippen LogP contribution in [0.5, 0.6) is 0 Å². The molecule has 0 rings (SSSR count). The maximum atomic E-state index is 9.99. The Kier molecular flexibility index (Phi) is 22.4. The minimum absolute atomic E-state index is 0.228. The first-order valence-corrected chi connectivity index (χ1v) is 15.3. The Morgan fingerprint density at radius 2 is 1.06 bits per heavy atom. The smallest absolute Gasteiger partial charge is 0.161 e. The molecule has 0 aliphatic heterocycles. The maximum absolute atomic E-state index is 9.99. The number of aliphatic hydroxyl groups is 2. The van der Waals surface area contributed by atoms with Gasteiger partial charge in [0.05, 0.1) is 12.2 Å². The molecule has 0 saturated carbocycles. The van der Waals surface area contributed by atoms with Gasteiger partial charge in [-0.15, -0.1) is 0 Å². The molecule has 0 heterocycles. The van der Waals surface area contributed by atoms with Gasteiger partial charge in [0.15, 0.2) is 12.6 Å². The molecule has 6 atom stereocenters. The summed E-state index contributed by atoms with van der Waals surface area (Å²) in [6.07, 6.45) is 9.07. The molecule has 0 spiro atoms. The number of halogens is 2. The van der Waals surface area contributed by atoms with Crippen molar-refractivity contribution in [2.24, 2.45) is 0 Å². The quantitative estimate of drug-likeness (QED) is 0.0494. The van der Waals surface area contributed by atoms with Crippen LogP contribution in [0, 0.1) is 0 Å². The van der Waals surface area contributed by atoms with Crippen LogP contribution in [0.2, 0.25) is 0 Å². The van der Waals surface area contributed by atoms with Gasteiger partial charge in [-0.1, -0.05) is 82.9 Å². The van der Waals surface area contributed by atoms with E-state index in [1.807, 2.05) is 13.8 Å². The molecular weight excluding hydrogens is 576 g/mol. The predicted octanol–water partition coefficient (Wildman–Crippen LogP) is 7.81. The van der Waals surface area contributed by atoms with Gasteiger partial charge in [-0.25, -0.2) is 0 Å². The van der Waals surface area contributed by atoms with Crippen LogP contribution in [0.25, 0.3) is 0 Å². The summed E-state index contributed by atoms with van der Waals surface area (Å²) < 4.78 is 18.6. The number of hydrogen-bond donors (Lipinski definition) is 2. The van der Waals surface area contributed by atoms with Gasteiger partial charge in [0.2, 0.25) is 0 Å². The average molecular weight is 629 g/mol. The van der Waals surface area contributed by atoms with E-state index in [-0.39, 0.29) is 22.2 Å². The van der Waals surface area contributed by atoms with Gasteiger partial charge >= 0.3 is 0 Å². The van der Waals surface area contributed by atoms with Crippen molar-refractivity contribution in [1.29, 1.82) is 0 Å². The van der Waals surface area contributed by atoms with Gasteiger partial charge < -0.3 is 24.4 Å². The van der Waals surface area contributed by atoms with E-state index in [2.05, 4.69) is 58.9 Å². The highest BCUT2D eigenvalue weighted by molar-refractivity contribution is 9.09. The molecule has 0 aliphatic carbocycles. The third kappa shape index (κ3) is 19.9. The lowest BCUT2D eigenvalue weighted by Crippen LogP contribution is -2.31. The average Bonchev–Trinajstić information content (AvgIpc) is 2.78. The van der Waals surface area contributed by atoms with Gasteiger partial charge in [0.25, 0.3) is 0 Å². The fraction of sp³-hybridized carbons (Fsp3) is 0.857. The molecule has 5 nitrogen and oxygen atoms in total. The van der Waals surface area contributed by atoms with E-state index in [0.717, 1.165) is 75.4 Å². The van der Waals surface area contributed by atoms with Gasteiger partial charge in [-0.2, -0.15) is 0 Å². The number of hydrogen-bond acceptors (Lipinski definition) is 5. The molecule has 6 unspecified atom stereocenters. The van der Waals surface area contributed by atoms with Crippen molar-refractivity contribution in [3.05, 3.63) is 24.3 Å². The summed E-state index contributed by atoms with van der Waals surface area (Å²) in [6, 6.07) is 0. The van der Waals surface area contributed by atoms with Crippen LogP contribution in [0.15, 0.2) is 24.3 Å². The normalized spacial score (nSPS) is 16.9. The Balaban J connectivity index is 4.91. The second-order valence-corrected chi connectivity index (χ2v) is 12.3. The summed E-state index contributed by atoms with van der Waals surface area (Å²) in [5, 5.41) is 20.0. The zero-order valence-corrected chi connectivity index (χ0v) is 25.8. The van der Waals surface area contributed by atoms with E-state index >= 15 is 0 Å². The fourth-order valence-corrected chi connectivity index (χ4v) is 4.68. The third-order valence-electron chi connectivity index (χ3n) is 5.93. The summed E-state index contributed by atoms with van der Waals surface area (Å²) in [4.78, 5) is 0.456. The molecule has 0 radical (unpaired) electrons. The van der Waals surface area contributed by atoms with E-state index in [1.165, 1.54) is 0 Å². The van der Waals surface area contributed by atoms with Crippen molar-refractivity contribution < 1.29 is 24.4 Å². The first-order chi connectivity index (χ1) is 16.6. The van der Waals surface area contributed by atoms with E-state index in [4.69, 9.17) is 14.2 Å². The van der Waals surface area contributed by atoms with Crippen LogP contribution < -0.4 is 0 Å². The summed E-state index contributed by atoms with van der Waals surface area (Å²) in [5.41, 5.74) is 1.62. The van der Waals surface area contributed by atoms with Crippen LogP contribution >= 0.6 is 31.9 Å². The van der Waals surface area contributed by atoms with E-state index < -0.39 is 12.2 Å². The summed E-state index contributed by atoms with van der Waals surface area (Å²) in [6.45, 7) is 17.0. The molecule has 0 fully saturated rings. The predicted molar refractivity (Wildman–Crippen MR) is 154 cm³/mol. The van der Waals surface area contributed by atoms with Gasteiger partial charge in [0.1, 0.15) is 0 Å². The van der Waals surface area contributed by atoms with Gasteiger partial charge in [0, 0.05) is 35.7 Å². The second-order valence-electron chi connectivity index (χ2n) is 9.70. The van der Waals surface area contributed by atoms with Crippen molar-refractivity contribution in [1.82, 2.24) is 0 Å². The van der Waals surface area contributed by atoms with Crippen molar-refractivity contribution in [2.45, 2.75) is 139 Å². The van der Waals surface area contributed by atoms with Crippen LogP contribution in [-0.4, -0.2) is 57.9 Å². The van der Waals surface area contributed by atoms with Crippen molar-refractivity contribution in [2.75, 3.05) is 13.2 Å². The van der Waals surface area contributed by atoms with Crippen LogP contribution in [0.1, 0.15) is 105 Å². The Labute approximate surface area is 232 Å². The van der Waals surface area contributed by atoms with Crippen LogP contribution in [0.4, 0.5) is 0 Å². The first-order valence-electron chi connectivity index (χ1n) is 13.4. The molecule has 0 aromatic carbocycles. The maximum Gasteiger partial charge on any atom is 0.161 e. The molecule has 0 amide bonds. The molecule has 0 aromatic rings. The largest absolute Gasteiger partial charge is 0.389 e. The molecule has 7 heteroatoms. The number of alkyl halides is 2. The lowest BCUT2D eigenvalue weighted by atomic mass is 10.0. The third-order valence-corrected chi connectivity index (χ3v) is 7.59. The summed E-state index contributed by atoms with van der Waals surface area (Å²) >= 11 is 7.59. The number of aliphatic hydroxyl groups excluding tert-OH is 2. The zero-order valence-electron chi connectivity index (χ0n) is 22.7. The topological polar surface area (TPSA) is 68.2 Å². The van der Waals surface area contributed by atoms with Crippen LogP contribution in [-0.2, 0) is 14.2 Å². The molecule has 0 aromatic heterocycles. The Morgan fingerprint density at radius 3 is 1.37 bits per heavy atom. The highest BCUT2D eigenvalue weighted by atomic mass is 79.9. The van der Waals surface area contributed by atoms with Crippen LogP contribution in [0.3, 0.4) is 0 Å². The summed E-state index contributed by atoms with van der Waals surface area (Å²) in [7, 11) is 0. The Morgan fingerprint density at radius 1 is 0.686 bits per heavy atom. The van der Waals surface area contributed by atoms with E-state index in [9.17, 15) is 10.2 Å². The Hall–Kier alpha value is 0.240. The molecule has 2 N–H and O–H groups in total. The highest BCUT2D eigenvalue weighted by Gasteiger charge is 2.23. The first kappa shape index (κ1) is 35.2. The Bertz CT molecular complexity index is 499. The van der Waals surface area contributed by atoms with Crippen molar-refractivity contribution in [3.8, 4) is 0 Å². The molecule has 0 bridgehead atoms. The number of unbranched alkanes of at least 4 members (excludes halogenated alkanes) is 2. The monoisotopic (exact) mass is 626 g/mol. The minimum atomic E-state index is -0.439. The SMILES string of the molecule is C=C(C)C(O)CCCC(Br)CC(OCCCC)OC(CC(Br)CCCC(O)C(=C)C)OCCCC. The van der Waals surface area contributed by atoms with Crippen molar-refractivity contribution >= 4 is 31.9 Å². The number of rotatable bonds is 24.